The van der Waals surface area contributed by atoms with Gasteiger partial charge in [0.2, 0.25) is 0 Å². The SMILES string of the molecule is Cn1ncc(C(=O)NCc2nc3ccc(F)cc3[nH]2)c1Cc1ccccc1. The van der Waals surface area contributed by atoms with E-state index in [0.717, 1.165) is 11.3 Å². The number of aryl methyl sites for hydroxylation is 1. The molecule has 0 fully saturated rings. The number of aromatic amines is 1. The Morgan fingerprint density at radius 2 is 2.04 bits per heavy atom. The van der Waals surface area contributed by atoms with Crippen LogP contribution in [0.1, 0.15) is 27.4 Å². The van der Waals surface area contributed by atoms with Crippen molar-refractivity contribution in [2.24, 2.45) is 7.05 Å². The van der Waals surface area contributed by atoms with Gasteiger partial charge in [-0.15, -0.1) is 0 Å². The predicted octanol–water partition coefficient (Wildman–Crippen LogP) is 2.96. The van der Waals surface area contributed by atoms with Crippen LogP contribution in [0.4, 0.5) is 4.39 Å². The minimum absolute atomic E-state index is 0.217. The number of carbonyl (C=O) groups is 1. The molecule has 6 nitrogen and oxygen atoms in total. The van der Waals surface area contributed by atoms with E-state index in [1.807, 2.05) is 37.4 Å². The zero-order chi connectivity index (χ0) is 18.8. The van der Waals surface area contributed by atoms with Crippen LogP contribution in [-0.2, 0) is 20.0 Å². The molecule has 2 N–H and O–H groups in total. The highest BCUT2D eigenvalue weighted by atomic mass is 19.1. The normalized spacial score (nSPS) is 11.0. The van der Waals surface area contributed by atoms with Crippen LogP contribution in [0.15, 0.2) is 54.7 Å². The number of hydrogen-bond acceptors (Lipinski definition) is 3. The Bertz CT molecular complexity index is 1100. The van der Waals surface area contributed by atoms with Gasteiger partial charge in [0.25, 0.3) is 5.91 Å². The van der Waals surface area contributed by atoms with Gasteiger partial charge in [-0.25, -0.2) is 9.37 Å². The maximum Gasteiger partial charge on any atom is 0.255 e. The number of amides is 1. The first-order valence-corrected chi connectivity index (χ1v) is 8.57. The summed E-state index contributed by atoms with van der Waals surface area (Å²) >= 11 is 0. The summed E-state index contributed by atoms with van der Waals surface area (Å²) in [6, 6.07) is 14.3. The molecule has 2 aromatic carbocycles. The van der Waals surface area contributed by atoms with E-state index in [4.69, 9.17) is 0 Å². The number of nitrogens with zero attached hydrogens (tertiary/aromatic N) is 3. The average Bonchev–Trinajstić information content (AvgIpc) is 3.24. The Kier molecular flexibility index (Phi) is 4.42. The molecule has 0 saturated heterocycles. The molecule has 0 saturated carbocycles. The number of nitrogens with one attached hydrogen (secondary N) is 2. The summed E-state index contributed by atoms with van der Waals surface area (Å²) in [6.07, 6.45) is 2.19. The van der Waals surface area contributed by atoms with E-state index >= 15 is 0 Å². The number of H-pyrrole nitrogens is 1. The van der Waals surface area contributed by atoms with Crippen molar-refractivity contribution in [1.29, 1.82) is 0 Å². The number of hydrogen-bond donors (Lipinski definition) is 2. The molecule has 136 valence electrons. The van der Waals surface area contributed by atoms with E-state index in [1.54, 1.807) is 16.9 Å². The molecule has 0 aliphatic heterocycles. The lowest BCUT2D eigenvalue weighted by molar-refractivity contribution is 0.0949. The third-order valence-corrected chi connectivity index (χ3v) is 4.43. The van der Waals surface area contributed by atoms with Gasteiger partial charge in [-0.2, -0.15) is 5.10 Å². The molecule has 4 aromatic rings. The molecule has 7 heteroatoms. The summed E-state index contributed by atoms with van der Waals surface area (Å²) in [7, 11) is 1.82. The Labute approximate surface area is 155 Å². The van der Waals surface area contributed by atoms with Crippen molar-refractivity contribution in [3.05, 3.63) is 83.2 Å². The minimum atomic E-state index is -0.331. The predicted molar refractivity (Wildman–Crippen MR) is 99.7 cm³/mol. The molecular formula is C20H18FN5O. The van der Waals surface area contributed by atoms with Crippen molar-refractivity contribution in [2.45, 2.75) is 13.0 Å². The number of fused-ring (bicyclic) bond motifs is 1. The fraction of sp³-hybridized carbons (Fsp3) is 0.150. The molecular weight excluding hydrogens is 345 g/mol. The lowest BCUT2D eigenvalue weighted by Gasteiger charge is -2.07. The lowest BCUT2D eigenvalue weighted by Crippen LogP contribution is -2.24. The zero-order valence-corrected chi connectivity index (χ0v) is 14.7. The highest BCUT2D eigenvalue weighted by molar-refractivity contribution is 5.95. The van der Waals surface area contributed by atoms with Crippen molar-refractivity contribution >= 4 is 16.9 Å². The maximum absolute atomic E-state index is 13.3. The third-order valence-electron chi connectivity index (χ3n) is 4.43. The molecule has 0 spiro atoms. The standard InChI is InChI=1S/C20H18FN5O/c1-26-18(9-13-5-3-2-4-6-13)15(11-23-26)20(27)22-12-19-24-16-8-7-14(21)10-17(16)25-19/h2-8,10-11H,9,12H2,1H3,(H,22,27)(H,24,25). The highest BCUT2D eigenvalue weighted by Crippen LogP contribution is 2.15. The summed E-state index contributed by atoms with van der Waals surface area (Å²) in [6.45, 7) is 0.217. The fourth-order valence-corrected chi connectivity index (χ4v) is 3.03. The van der Waals surface area contributed by atoms with Gasteiger partial charge in [0.05, 0.1) is 35.0 Å². The van der Waals surface area contributed by atoms with Crippen LogP contribution in [-0.4, -0.2) is 25.7 Å². The quantitative estimate of drug-likeness (QED) is 0.572. The van der Waals surface area contributed by atoms with E-state index in [2.05, 4.69) is 20.4 Å². The first-order chi connectivity index (χ1) is 13.1. The van der Waals surface area contributed by atoms with Gasteiger partial charge in [-0.1, -0.05) is 30.3 Å². The third kappa shape index (κ3) is 3.57. The van der Waals surface area contributed by atoms with Crippen molar-refractivity contribution in [3.8, 4) is 0 Å². The molecule has 2 heterocycles. The summed E-state index contributed by atoms with van der Waals surface area (Å²) in [4.78, 5) is 20.0. The molecule has 1 amide bonds. The molecule has 0 radical (unpaired) electrons. The monoisotopic (exact) mass is 363 g/mol. The van der Waals surface area contributed by atoms with Gasteiger partial charge in [0.1, 0.15) is 11.6 Å². The van der Waals surface area contributed by atoms with E-state index in [0.29, 0.717) is 28.8 Å². The van der Waals surface area contributed by atoms with Crippen LogP contribution in [0.3, 0.4) is 0 Å². The molecule has 0 bridgehead atoms. The lowest BCUT2D eigenvalue weighted by atomic mass is 10.1. The van der Waals surface area contributed by atoms with Crippen LogP contribution in [0.5, 0.6) is 0 Å². The number of rotatable bonds is 5. The van der Waals surface area contributed by atoms with Crippen molar-refractivity contribution < 1.29 is 9.18 Å². The van der Waals surface area contributed by atoms with Crippen LogP contribution in [0, 0.1) is 5.82 Å². The number of imidazole rings is 1. The molecule has 0 unspecified atom stereocenters. The smallest absolute Gasteiger partial charge is 0.255 e. The molecule has 0 atom stereocenters. The number of carbonyl (C=O) groups excluding carboxylic acids is 1. The second-order valence-corrected chi connectivity index (χ2v) is 6.32. The van der Waals surface area contributed by atoms with E-state index in [1.165, 1.54) is 12.1 Å². The molecule has 4 rings (SSSR count). The van der Waals surface area contributed by atoms with Crippen LogP contribution >= 0.6 is 0 Å². The van der Waals surface area contributed by atoms with Gasteiger partial charge in [-0.05, 0) is 23.8 Å². The summed E-state index contributed by atoms with van der Waals surface area (Å²) < 4.78 is 15.0. The number of aromatic nitrogens is 4. The Balaban J connectivity index is 1.49. The number of benzene rings is 2. The minimum Gasteiger partial charge on any atom is -0.345 e. The molecule has 0 aliphatic carbocycles. The summed E-state index contributed by atoms with van der Waals surface area (Å²) in [5.74, 6) is 0.0146. The van der Waals surface area contributed by atoms with E-state index < -0.39 is 0 Å². The van der Waals surface area contributed by atoms with E-state index in [-0.39, 0.29) is 18.3 Å². The first-order valence-electron chi connectivity index (χ1n) is 8.57. The zero-order valence-electron chi connectivity index (χ0n) is 14.7. The first kappa shape index (κ1) is 17.0. The van der Waals surface area contributed by atoms with Crippen molar-refractivity contribution in [3.63, 3.8) is 0 Å². The summed E-state index contributed by atoms with van der Waals surface area (Å²) in [5.41, 5.74) is 3.74. The molecule has 27 heavy (non-hydrogen) atoms. The van der Waals surface area contributed by atoms with Gasteiger partial charge in [0.15, 0.2) is 0 Å². The largest absolute Gasteiger partial charge is 0.345 e. The van der Waals surface area contributed by atoms with Crippen LogP contribution in [0.25, 0.3) is 11.0 Å². The van der Waals surface area contributed by atoms with Crippen molar-refractivity contribution in [2.75, 3.05) is 0 Å². The Hall–Kier alpha value is -3.48. The number of halogens is 1. The summed E-state index contributed by atoms with van der Waals surface area (Å²) in [5, 5.41) is 7.07. The topological polar surface area (TPSA) is 75.6 Å². The second-order valence-electron chi connectivity index (χ2n) is 6.32. The van der Waals surface area contributed by atoms with Crippen molar-refractivity contribution in [1.82, 2.24) is 25.1 Å². The van der Waals surface area contributed by atoms with E-state index in [9.17, 15) is 9.18 Å². The fourth-order valence-electron chi connectivity index (χ4n) is 3.03. The highest BCUT2D eigenvalue weighted by Gasteiger charge is 2.17. The maximum atomic E-state index is 13.3. The van der Waals surface area contributed by atoms with Gasteiger partial charge >= 0.3 is 0 Å². The Morgan fingerprint density at radius 3 is 2.85 bits per heavy atom. The molecule has 0 aliphatic rings. The Morgan fingerprint density at radius 1 is 1.22 bits per heavy atom. The van der Waals surface area contributed by atoms with Gasteiger partial charge in [0, 0.05) is 13.5 Å². The second kappa shape index (κ2) is 7.03. The molecule has 2 aromatic heterocycles. The average molecular weight is 363 g/mol. The van der Waals surface area contributed by atoms with Gasteiger partial charge in [-0.3, -0.25) is 9.48 Å². The van der Waals surface area contributed by atoms with Gasteiger partial charge < -0.3 is 10.3 Å². The van der Waals surface area contributed by atoms with Crippen LogP contribution < -0.4 is 5.32 Å². The van der Waals surface area contributed by atoms with Crippen LogP contribution in [0.2, 0.25) is 0 Å².